The fraction of sp³-hybridized carbons (Fsp3) is 0.522. The van der Waals surface area contributed by atoms with E-state index in [4.69, 9.17) is 10.5 Å². The van der Waals surface area contributed by atoms with Gasteiger partial charge in [-0.15, -0.1) is 0 Å². The van der Waals surface area contributed by atoms with Gasteiger partial charge in [0.15, 0.2) is 0 Å². The number of nitrogens with one attached hydrogen (secondary N) is 2. The molecule has 32 heavy (non-hydrogen) atoms. The lowest BCUT2D eigenvalue weighted by Crippen LogP contribution is -2.51. The smallest absolute Gasteiger partial charge is 0.308 e. The number of nitrogens with zero attached hydrogens (tertiary/aromatic N) is 1. The third kappa shape index (κ3) is 5.66. The number of ether oxygens (including phenoxy) is 1. The van der Waals surface area contributed by atoms with Crippen LogP contribution >= 0.6 is 0 Å². The third-order valence-electron chi connectivity index (χ3n) is 6.05. The van der Waals surface area contributed by atoms with Gasteiger partial charge in [0.1, 0.15) is 6.04 Å². The summed E-state index contributed by atoms with van der Waals surface area (Å²) in [6.07, 6.45) is 4.81. The van der Waals surface area contributed by atoms with Crippen molar-refractivity contribution >= 4 is 28.7 Å². The molecule has 1 aliphatic carbocycles. The van der Waals surface area contributed by atoms with Gasteiger partial charge in [-0.05, 0) is 55.8 Å². The maximum atomic E-state index is 13.0. The minimum Gasteiger partial charge on any atom is -0.481 e. The van der Waals surface area contributed by atoms with Crippen LogP contribution in [0.1, 0.15) is 42.5 Å². The molecule has 2 aromatic rings. The van der Waals surface area contributed by atoms with E-state index in [0.717, 1.165) is 17.3 Å². The first-order valence-electron chi connectivity index (χ1n) is 11.1. The van der Waals surface area contributed by atoms with E-state index in [1.165, 1.54) is 0 Å². The van der Waals surface area contributed by atoms with Crippen LogP contribution in [0.25, 0.3) is 10.9 Å². The molecule has 1 fully saturated rings. The number of rotatable bonds is 11. The summed E-state index contributed by atoms with van der Waals surface area (Å²) >= 11 is 0. The molecule has 5 N–H and O–H groups in total. The Morgan fingerprint density at radius 3 is 2.81 bits per heavy atom. The summed E-state index contributed by atoms with van der Waals surface area (Å²) < 4.78 is 7.16. The Kier molecular flexibility index (Phi) is 8.24. The fourth-order valence-electron chi connectivity index (χ4n) is 4.25. The number of nitrogens with two attached hydrogens (primary N) is 1. The first-order valence-corrected chi connectivity index (χ1v) is 11.1. The predicted molar refractivity (Wildman–Crippen MR) is 120 cm³/mol. The maximum Gasteiger partial charge on any atom is 0.308 e. The van der Waals surface area contributed by atoms with Gasteiger partial charge in [-0.25, -0.2) is 0 Å². The standard InChI is InChI=1S/C23H32N4O5/c1-32-13-12-27-11-9-15-7-8-16(14-20(15)27)21(28)26-19(6-3-10-24)22(29)25-18-5-2-4-17(18)23(30)31/h7-9,11,14,17-19H,2-6,10,12-13,24H2,1H3,(H,25,29)(H,26,28)(H,30,31)/t17-,18+,19+/m1/s1. The van der Waals surface area contributed by atoms with Crippen LogP contribution in [0.3, 0.4) is 0 Å². The Morgan fingerprint density at radius 2 is 2.09 bits per heavy atom. The van der Waals surface area contributed by atoms with Gasteiger partial charge in [0, 0.05) is 37.0 Å². The Labute approximate surface area is 187 Å². The molecular formula is C23H32N4O5. The molecular weight excluding hydrogens is 412 g/mol. The predicted octanol–water partition coefficient (Wildman–Crippen LogP) is 1.49. The van der Waals surface area contributed by atoms with E-state index in [-0.39, 0.29) is 11.8 Å². The Morgan fingerprint density at radius 1 is 1.28 bits per heavy atom. The lowest BCUT2D eigenvalue weighted by atomic mass is 10.0. The second-order valence-corrected chi connectivity index (χ2v) is 8.22. The summed E-state index contributed by atoms with van der Waals surface area (Å²) in [6, 6.07) is 6.18. The summed E-state index contributed by atoms with van der Waals surface area (Å²) in [6.45, 7) is 1.61. The van der Waals surface area contributed by atoms with Crippen LogP contribution in [0.4, 0.5) is 0 Å². The van der Waals surface area contributed by atoms with E-state index in [1.54, 1.807) is 19.2 Å². The van der Waals surface area contributed by atoms with Gasteiger partial charge < -0.3 is 30.8 Å². The van der Waals surface area contributed by atoms with Crippen molar-refractivity contribution < 1.29 is 24.2 Å². The first-order chi connectivity index (χ1) is 15.4. The molecule has 174 valence electrons. The molecule has 2 amide bonds. The van der Waals surface area contributed by atoms with Crippen LogP contribution in [0, 0.1) is 5.92 Å². The van der Waals surface area contributed by atoms with Crippen LogP contribution in [-0.2, 0) is 20.9 Å². The number of hydrogen-bond donors (Lipinski definition) is 4. The Hall–Kier alpha value is -2.91. The highest BCUT2D eigenvalue weighted by molar-refractivity contribution is 6.00. The molecule has 0 aliphatic heterocycles. The lowest BCUT2D eigenvalue weighted by molar-refractivity contribution is -0.142. The van der Waals surface area contributed by atoms with E-state index >= 15 is 0 Å². The van der Waals surface area contributed by atoms with Gasteiger partial charge in [-0.3, -0.25) is 14.4 Å². The Bertz CT molecular complexity index is 957. The molecule has 1 saturated carbocycles. The highest BCUT2D eigenvalue weighted by Gasteiger charge is 2.35. The molecule has 0 spiro atoms. The van der Waals surface area contributed by atoms with E-state index in [9.17, 15) is 19.5 Å². The van der Waals surface area contributed by atoms with Crippen molar-refractivity contribution in [2.75, 3.05) is 20.3 Å². The zero-order chi connectivity index (χ0) is 23.1. The molecule has 0 unspecified atom stereocenters. The van der Waals surface area contributed by atoms with Crippen molar-refractivity contribution in [3.63, 3.8) is 0 Å². The molecule has 3 rings (SSSR count). The number of aliphatic carboxylic acids is 1. The summed E-state index contributed by atoms with van der Waals surface area (Å²) in [4.78, 5) is 37.3. The van der Waals surface area contributed by atoms with Gasteiger partial charge in [-0.1, -0.05) is 12.5 Å². The molecule has 3 atom stereocenters. The first kappa shape index (κ1) is 23.7. The van der Waals surface area contributed by atoms with Crippen LogP contribution in [0.5, 0.6) is 0 Å². The van der Waals surface area contributed by atoms with Crippen molar-refractivity contribution in [1.29, 1.82) is 0 Å². The number of carboxylic acids is 1. The number of carbonyl (C=O) groups is 3. The monoisotopic (exact) mass is 444 g/mol. The van der Waals surface area contributed by atoms with Crippen molar-refractivity contribution in [2.45, 2.75) is 50.7 Å². The number of amides is 2. The summed E-state index contributed by atoms with van der Waals surface area (Å²) in [5.74, 6) is -2.22. The minimum atomic E-state index is -0.903. The maximum absolute atomic E-state index is 13.0. The zero-order valence-electron chi connectivity index (χ0n) is 18.4. The van der Waals surface area contributed by atoms with Crippen LogP contribution in [0.2, 0.25) is 0 Å². The minimum absolute atomic E-state index is 0.357. The van der Waals surface area contributed by atoms with E-state index < -0.39 is 24.0 Å². The van der Waals surface area contributed by atoms with E-state index in [0.29, 0.717) is 50.9 Å². The van der Waals surface area contributed by atoms with E-state index in [2.05, 4.69) is 10.6 Å². The molecule has 9 nitrogen and oxygen atoms in total. The summed E-state index contributed by atoms with van der Waals surface area (Å²) in [7, 11) is 1.64. The molecule has 0 saturated heterocycles. The molecule has 0 radical (unpaired) electrons. The quantitative estimate of drug-likeness (QED) is 0.415. The van der Waals surface area contributed by atoms with Crippen molar-refractivity contribution in [1.82, 2.24) is 15.2 Å². The summed E-state index contributed by atoms with van der Waals surface area (Å²) in [5.41, 5.74) is 6.98. The topological polar surface area (TPSA) is 136 Å². The van der Waals surface area contributed by atoms with Gasteiger partial charge in [0.25, 0.3) is 5.91 Å². The van der Waals surface area contributed by atoms with Crippen molar-refractivity contribution in [2.24, 2.45) is 11.7 Å². The average Bonchev–Trinajstić information content (AvgIpc) is 3.41. The number of carboxylic acid groups (broad SMARTS) is 1. The zero-order valence-corrected chi connectivity index (χ0v) is 18.4. The van der Waals surface area contributed by atoms with Gasteiger partial charge >= 0.3 is 5.97 Å². The van der Waals surface area contributed by atoms with Crippen molar-refractivity contribution in [3.05, 3.63) is 36.0 Å². The van der Waals surface area contributed by atoms with Crippen LogP contribution in [-0.4, -0.2) is 59.8 Å². The van der Waals surface area contributed by atoms with Crippen LogP contribution in [0.15, 0.2) is 30.5 Å². The van der Waals surface area contributed by atoms with E-state index in [1.807, 2.05) is 22.9 Å². The summed E-state index contributed by atoms with van der Waals surface area (Å²) in [5, 5.41) is 16.0. The molecule has 0 bridgehead atoms. The fourth-order valence-corrected chi connectivity index (χ4v) is 4.25. The number of aromatic nitrogens is 1. The Balaban J connectivity index is 1.72. The molecule has 1 aromatic carbocycles. The highest BCUT2D eigenvalue weighted by Crippen LogP contribution is 2.26. The number of hydrogen-bond acceptors (Lipinski definition) is 5. The molecule has 1 heterocycles. The normalized spacial score (nSPS) is 19.1. The second kappa shape index (κ2) is 11.1. The average molecular weight is 445 g/mol. The van der Waals surface area contributed by atoms with Gasteiger partial charge in [0.05, 0.1) is 12.5 Å². The number of benzene rings is 1. The van der Waals surface area contributed by atoms with Gasteiger partial charge in [-0.2, -0.15) is 0 Å². The number of fused-ring (bicyclic) bond motifs is 1. The second-order valence-electron chi connectivity index (χ2n) is 8.22. The third-order valence-corrected chi connectivity index (χ3v) is 6.05. The molecule has 1 aromatic heterocycles. The SMILES string of the molecule is COCCn1ccc2ccc(C(=O)N[C@@H](CCCN)C(=O)N[C@H]3CCC[C@H]3C(=O)O)cc21. The van der Waals surface area contributed by atoms with Crippen LogP contribution < -0.4 is 16.4 Å². The lowest BCUT2D eigenvalue weighted by Gasteiger charge is -2.23. The highest BCUT2D eigenvalue weighted by atomic mass is 16.5. The molecule has 1 aliphatic rings. The number of carbonyl (C=O) groups excluding carboxylic acids is 2. The molecule has 9 heteroatoms. The van der Waals surface area contributed by atoms with Gasteiger partial charge in [0.2, 0.25) is 5.91 Å². The van der Waals surface area contributed by atoms with Crippen molar-refractivity contribution in [3.8, 4) is 0 Å². The largest absolute Gasteiger partial charge is 0.481 e. The number of methoxy groups -OCH3 is 1.